The summed E-state index contributed by atoms with van der Waals surface area (Å²) in [6.07, 6.45) is 4.61. The van der Waals surface area contributed by atoms with Crippen LogP contribution in [0.5, 0.6) is 0 Å². The number of aromatic nitrogens is 2. The first-order valence-electron chi connectivity index (χ1n) is 8.11. The Bertz CT molecular complexity index is 560. The van der Waals surface area contributed by atoms with Gasteiger partial charge in [0, 0.05) is 18.3 Å². The fourth-order valence-corrected chi connectivity index (χ4v) is 2.15. The van der Waals surface area contributed by atoms with Gasteiger partial charge in [-0.3, -0.25) is 9.59 Å². The predicted molar refractivity (Wildman–Crippen MR) is 90.3 cm³/mol. The Kier molecular flexibility index (Phi) is 8.57. The van der Waals surface area contributed by atoms with E-state index in [1.54, 1.807) is 0 Å². The van der Waals surface area contributed by atoms with Gasteiger partial charge in [0.25, 0.3) is 0 Å². The predicted octanol–water partition coefficient (Wildman–Crippen LogP) is -1.52. The third-order valence-electron chi connectivity index (χ3n) is 3.59. The van der Waals surface area contributed by atoms with E-state index < -0.39 is 35.9 Å². The van der Waals surface area contributed by atoms with E-state index in [2.05, 4.69) is 20.6 Å². The number of nitrogens with two attached hydrogens (primary N) is 2. The highest BCUT2D eigenvalue weighted by Crippen LogP contribution is 2.04. The van der Waals surface area contributed by atoms with Crippen LogP contribution in [0.3, 0.4) is 0 Å². The zero-order chi connectivity index (χ0) is 18.8. The number of carboxylic acid groups (broad SMARTS) is 1. The maximum atomic E-state index is 12.5. The zero-order valence-electron chi connectivity index (χ0n) is 14.2. The van der Waals surface area contributed by atoms with E-state index in [4.69, 9.17) is 11.5 Å². The number of imidazole rings is 1. The van der Waals surface area contributed by atoms with Crippen LogP contribution in [0.1, 0.15) is 31.9 Å². The Morgan fingerprint density at radius 1 is 1.24 bits per heavy atom. The van der Waals surface area contributed by atoms with Gasteiger partial charge in [-0.1, -0.05) is 0 Å². The molecule has 140 valence electrons. The number of carbonyl (C=O) groups is 3. The second-order valence-corrected chi connectivity index (χ2v) is 5.81. The van der Waals surface area contributed by atoms with Crippen molar-refractivity contribution in [2.24, 2.45) is 11.5 Å². The van der Waals surface area contributed by atoms with Gasteiger partial charge in [-0.25, -0.2) is 9.78 Å². The summed E-state index contributed by atoms with van der Waals surface area (Å²) in [6, 6.07) is -2.80. The number of hydrogen-bond acceptors (Lipinski definition) is 6. The third kappa shape index (κ3) is 7.31. The topological polar surface area (TPSA) is 176 Å². The van der Waals surface area contributed by atoms with Crippen molar-refractivity contribution in [1.82, 2.24) is 20.6 Å². The summed E-state index contributed by atoms with van der Waals surface area (Å²) >= 11 is 0. The summed E-state index contributed by atoms with van der Waals surface area (Å²) < 4.78 is 0. The Morgan fingerprint density at radius 3 is 2.44 bits per heavy atom. The monoisotopic (exact) mass is 354 g/mol. The van der Waals surface area contributed by atoms with E-state index in [1.165, 1.54) is 19.4 Å². The third-order valence-corrected chi connectivity index (χ3v) is 3.59. The molecule has 1 aromatic rings. The molecular formula is C15H26N6O4. The molecule has 0 aliphatic heterocycles. The lowest BCUT2D eigenvalue weighted by Gasteiger charge is -2.22. The molecule has 2 amide bonds. The Hall–Kier alpha value is -2.46. The van der Waals surface area contributed by atoms with Crippen LogP contribution in [-0.4, -0.2) is 57.5 Å². The van der Waals surface area contributed by atoms with Gasteiger partial charge in [0.2, 0.25) is 11.8 Å². The van der Waals surface area contributed by atoms with E-state index in [0.717, 1.165) is 0 Å². The molecule has 0 spiro atoms. The molecule has 1 heterocycles. The number of nitrogens with zero attached hydrogens (tertiary/aromatic N) is 1. The summed E-state index contributed by atoms with van der Waals surface area (Å²) in [7, 11) is 0. The molecule has 0 fully saturated rings. The van der Waals surface area contributed by atoms with E-state index >= 15 is 0 Å². The van der Waals surface area contributed by atoms with Gasteiger partial charge in [0.05, 0.1) is 12.4 Å². The van der Waals surface area contributed by atoms with Crippen molar-refractivity contribution in [3.8, 4) is 0 Å². The highest BCUT2D eigenvalue weighted by Gasteiger charge is 2.27. The first-order valence-corrected chi connectivity index (χ1v) is 8.11. The van der Waals surface area contributed by atoms with Crippen LogP contribution in [0.25, 0.3) is 0 Å². The summed E-state index contributed by atoms with van der Waals surface area (Å²) in [6.45, 7) is 1.94. The number of aliphatic carboxylic acids is 1. The lowest BCUT2D eigenvalue weighted by atomic mass is 10.1. The zero-order valence-corrected chi connectivity index (χ0v) is 14.2. The number of carbonyl (C=O) groups excluding carboxylic acids is 2. The van der Waals surface area contributed by atoms with Gasteiger partial charge in [-0.05, 0) is 32.7 Å². The van der Waals surface area contributed by atoms with Gasteiger partial charge in [-0.2, -0.15) is 0 Å². The molecular weight excluding hydrogens is 328 g/mol. The number of aromatic amines is 1. The van der Waals surface area contributed by atoms with Crippen LogP contribution in [0.15, 0.2) is 12.5 Å². The minimum Gasteiger partial charge on any atom is -0.480 e. The van der Waals surface area contributed by atoms with Crippen molar-refractivity contribution < 1.29 is 19.5 Å². The molecule has 0 saturated heterocycles. The SMILES string of the molecule is C[C@H](N)C(=O)N[C@H](Cc1cnc[nH]1)C(=O)N[C@@H](CCCCN)C(=O)O. The molecule has 0 radical (unpaired) electrons. The van der Waals surface area contributed by atoms with Crippen LogP contribution in [0.2, 0.25) is 0 Å². The highest BCUT2D eigenvalue weighted by molar-refractivity contribution is 5.91. The first kappa shape index (κ1) is 20.6. The van der Waals surface area contributed by atoms with Crippen molar-refractivity contribution in [1.29, 1.82) is 0 Å². The van der Waals surface area contributed by atoms with Gasteiger partial charge in [-0.15, -0.1) is 0 Å². The van der Waals surface area contributed by atoms with Crippen LogP contribution < -0.4 is 22.1 Å². The largest absolute Gasteiger partial charge is 0.480 e. The first-order chi connectivity index (χ1) is 11.8. The molecule has 0 saturated carbocycles. The van der Waals surface area contributed by atoms with Crippen LogP contribution in [0, 0.1) is 0 Å². The van der Waals surface area contributed by atoms with Crippen molar-refractivity contribution >= 4 is 17.8 Å². The molecule has 0 aliphatic rings. The van der Waals surface area contributed by atoms with Gasteiger partial charge >= 0.3 is 5.97 Å². The lowest BCUT2D eigenvalue weighted by Crippen LogP contribution is -2.54. The molecule has 10 nitrogen and oxygen atoms in total. The van der Waals surface area contributed by atoms with E-state index in [1.807, 2.05) is 0 Å². The van der Waals surface area contributed by atoms with Crippen molar-refractivity contribution in [3.05, 3.63) is 18.2 Å². The van der Waals surface area contributed by atoms with Gasteiger partial charge in [0.1, 0.15) is 12.1 Å². The molecule has 25 heavy (non-hydrogen) atoms. The molecule has 0 unspecified atom stereocenters. The number of unbranched alkanes of at least 4 members (excludes halogenated alkanes) is 1. The summed E-state index contributed by atoms with van der Waals surface area (Å²) in [5.41, 5.74) is 11.5. The number of hydrogen-bond donors (Lipinski definition) is 6. The molecule has 0 bridgehead atoms. The average molecular weight is 354 g/mol. The fraction of sp³-hybridized carbons (Fsp3) is 0.600. The smallest absolute Gasteiger partial charge is 0.326 e. The highest BCUT2D eigenvalue weighted by atomic mass is 16.4. The quantitative estimate of drug-likeness (QED) is 0.261. The Morgan fingerprint density at radius 2 is 1.92 bits per heavy atom. The van der Waals surface area contributed by atoms with Crippen molar-refractivity contribution in [3.63, 3.8) is 0 Å². The second-order valence-electron chi connectivity index (χ2n) is 5.81. The standard InChI is InChI=1S/C15H26N6O4/c1-9(17)13(22)21-12(6-10-7-18-8-19-10)14(23)20-11(15(24)25)4-2-3-5-16/h7-9,11-12H,2-6,16-17H2,1H3,(H,18,19)(H,20,23)(H,21,22)(H,24,25)/t9-,11-,12+/m0/s1. The molecule has 0 aromatic carbocycles. The molecule has 3 atom stereocenters. The molecule has 0 aliphatic carbocycles. The number of amides is 2. The molecule has 1 aromatic heterocycles. The molecule has 10 heteroatoms. The second kappa shape index (κ2) is 10.4. The summed E-state index contributed by atoms with van der Waals surface area (Å²) in [5, 5.41) is 14.3. The molecule has 8 N–H and O–H groups in total. The summed E-state index contributed by atoms with van der Waals surface area (Å²) in [4.78, 5) is 42.4. The van der Waals surface area contributed by atoms with Crippen molar-refractivity contribution in [2.75, 3.05) is 6.54 Å². The Balaban J connectivity index is 2.78. The number of rotatable bonds is 11. The maximum absolute atomic E-state index is 12.5. The van der Waals surface area contributed by atoms with Crippen LogP contribution in [0.4, 0.5) is 0 Å². The summed E-state index contributed by atoms with van der Waals surface area (Å²) in [5.74, 6) is -2.23. The normalized spacial score (nSPS) is 14.4. The number of H-pyrrole nitrogens is 1. The van der Waals surface area contributed by atoms with E-state index in [0.29, 0.717) is 25.1 Å². The molecule has 1 rings (SSSR count). The number of carboxylic acids is 1. The Labute approximate surface area is 145 Å². The fourth-order valence-electron chi connectivity index (χ4n) is 2.15. The minimum atomic E-state index is -1.14. The van der Waals surface area contributed by atoms with Crippen molar-refractivity contribution in [2.45, 2.75) is 50.7 Å². The average Bonchev–Trinajstić information content (AvgIpc) is 3.06. The van der Waals surface area contributed by atoms with E-state index in [9.17, 15) is 19.5 Å². The van der Waals surface area contributed by atoms with E-state index in [-0.39, 0.29) is 12.8 Å². The van der Waals surface area contributed by atoms with Gasteiger partial charge < -0.3 is 32.2 Å². The van der Waals surface area contributed by atoms with Crippen LogP contribution >= 0.6 is 0 Å². The van der Waals surface area contributed by atoms with Crippen LogP contribution in [-0.2, 0) is 20.8 Å². The van der Waals surface area contributed by atoms with Gasteiger partial charge in [0.15, 0.2) is 0 Å². The maximum Gasteiger partial charge on any atom is 0.326 e. The number of nitrogens with one attached hydrogen (secondary N) is 3. The minimum absolute atomic E-state index is 0.138. The lowest BCUT2D eigenvalue weighted by molar-refractivity contribution is -0.142.